The molecule has 0 rings (SSSR count). The van der Waals surface area contributed by atoms with E-state index in [1.54, 1.807) is 0 Å². The number of carbonyl (C=O) groups is 3. The molecule has 2 atom stereocenters. The minimum Gasteiger partial charge on any atom is -0.545 e. The maximum atomic E-state index is 12.9. The fourth-order valence-corrected chi connectivity index (χ4v) is 9.85. The lowest BCUT2D eigenvalue weighted by atomic mass is 10.0. The fourth-order valence-electron chi connectivity index (χ4n) is 9.85. The Hall–Kier alpha value is -5.35. The van der Waals surface area contributed by atoms with Gasteiger partial charge in [0, 0.05) is 12.8 Å². The number of ether oxygens (including phenoxy) is 4. The molecule has 0 aliphatic carbocycles. The first kappa shape index (κ1) is 87.7. The van der Waals surface area contributed by atoms with Crippen molar-refractivity contribution >= 4 is 17.9 Å². The van der Waals surface area contributed by atoms with Gasteiger partial charge in [0.1, 0.15) is 13.2 Å². The van der Waals surface area contributed by atoms with Gasteiger partial charge in [-0.2, -0.15) is 0 Å². The van der Waals surface area contributed by atoms with Crippen LogP contribution in [-0.4, -0.2) is 82.3 Å². The van der Waals surface area contributed by atoms with Gasteiger partial charge in [0.15, 0.2) is 12.4 Å². The molecule has 93 heavy (non-hydrogen) atoms. The van der Waals surface area contributed by atoms with Crippen molar-refractivity contribution in [2.45, 2.75) is 296 Å². The van der Waals surface area contributed by atoms with Crippen LogP contribution in [0.3, 0.4) is 0 Å². The molecule has 0 amide bonds. The third-order valence-corrected chi connectivity index (χ3v) is 15.5. The molecule has 0 aromatic heterocycles. The van der Waals surface area contributed by atoms with Crippen LogP contribution in [0.25, 0.3) is 0 Å². The number of aliphatic carboxylic acids is 1. The number of carboxylic acids is 1. The zero-order valence-electron chi connectivity index (χ0n) is 60.1. The van der Waals surface area contributed by atoms with Crippen molar-refractivity contribution < 1.29 is 42.9 Å². The highest BCUT2D eigenvalue weighted by Gasteiger charge is 2.22. The minimum atomic E-state index is -1.64. The van der Waals surface area contributed by atoms with Gasteiger partial charge in [0.05, 0.1) is 40.3 Å². The molecule has 0 saturated heterocycles. The normalized spacial score (nSPS) is 13.7. The number of carboxylic acid groups (broad SMARTS) is 1. The molecule has 0 spiro atoms. The molecule has 9 heteroatoms. The standard InChI is InChI=1S/C84H137NO8/c1-6-8-10-12-14-16-18-20-22-24-26-28-30-32-34-36-38-39-40-41-42-43-45-46-48-50-52-54-56-58-60-62-64-66-68-70-72-74-81(86)91-78-80(79-92-84(83(88)89)90-77-76-85(3,4)5)93-82(87)75-73-71-69-67-65-63-61-59-57-55-53-51-49-47-44-37-35-33-31-29-27-25-23-21-19-17-15-13-11-9-7-2/h8-11,14-17,20-23,26-29,32-35,44,47,51,53,57,59,63,65,80,84H,6-7,12-13,18-19,24-25,30-31,36-43,45-46,48-50,52,54-56,58,60-62,64,66-79H2,1-5H3/b10-8-,11-9-,16-14-,17-15-,22-20-,23-21-,28-26-,29-27-,34-32-,35-33-,47-44-,53-51-,59-57-,65-63-. The van der Waals surface area contributed by atoms with Crippen molar-refractivity contribution in [2.75, 3.05) is 47.5 Å². The smallest absolute Gasteiger partial charge is 0.306 e. The number of nitrogens with zero attached hydrogens (tertiary/aromatic N) is 1. The molecule has 0 aliphatic heterocycles. The van der Waals surface area contributed by atoms with Crippen LogP contribution < -0.4 is 5.11 Å². The van der Waals surface area contributed by atoms with Crippen molar-refractivity contribution in [3.05, 3.63) is 170 Å². The van der Waals surface area contributed by atoms with Gasteiger partial charge in [0.25, 0.3) is 0 Å². The second-order valence-electron chi connectivity index (χ2n) is 25.5. The first-order valence-corrected chi connectivity index (χ1v) is 37.3. The molecular weight excluding hydrogens is 1150 g/mol. The Balaban J connectivity index is 4.15. The van der Waals surface area contributed by atoms with E-state index in [-0.39, 0.29) is 38.6 Å². The van der Waals surface area contributed by atoms with E-state index in [1.807, 2.05) is 21.1 Å². The Bertz CT molecular complexity index is 2140. The number of allylic oxidation sites excluding steroid dienone is 28. The monoisotopic (exact) mass is 1290 g/mol. The largest absolute Gasteiger partial charge is 0.545 e. The number of carbonyl (C=O) groups excluding carboxylic acids is 3. The number of esters is 2. The Labute approximate surface area is 571 Å². The lowest BCUT2D eigenvalue weighted by molar-refractivity contribution is -0.870. The molecule has 0 saturated carbocycles. The quantitative estimate of drug-likeness (QED) is 0.0195. The summed E-state index contributed by atoms with van der Waals surface area (Å²) >= 11 is 0. The number of rotatable bonds is 67. The van der Waals surface area contributed by atoms with Crippen LogP contribution in [0.4, 0.5) is 0 Å². The van der Waals surface area contributed by atoms with Gasteiger partial charge in [-0.25, -0.2) is 0 Å². The first-order valence-electron chi connectivity index (χ1n) is 37.3. The molecule has 0 bridgehead atoms. The van der Waals surface area contributed by atoms with Gasteiger partial charge < -0.3 is 33.3 Å². The Morgan fingerprint density at radius 1 is 0.323 bits per heavy atom. The van der Waals surface area contributed by atoms with Gasteiger partial charge in [-0.3, -0.25) is 9.59 Å². The molecule has 0 aliphatic rings. The molecule has 0 radical (unpaired) electrons. The summed E-state index contributed by atoms with van der Waals surface area (Å²) in [5.41, 5.74) is 0. The van der Waals surface area contributed by atoms with Crippen LogP contribution in [0.15, 0.2) is 170 Å². The SMILES string of the molecule is CC/C=C\C/C=C\C/C=C\C/C=C\C/C=C\C/C=C\C/C=C\C/C=C\C/C=C\CCCCCC(=O)OC(COC(=O)CCCCCCCCCCCCCCCCCCCCCCC/C=C\C/C=C\C/C=C\C/C=C\C/C=C\CC)COC(OCC[N+](C)(C)C)C(=O)[O-]. The lowest BCUT2D eigenvalue weighted by Crippen LogP contribution is -2.44. The van der Waals surface area contributed by atoms with E-state index in [9.17, 15) is 19.5 Å². The molecule has 0 fully saturated rings. The van der Waals surface area contributed by atoms with Crippen LogP contribution in [0, 0.1) is 0 Å². The van der Waals surface area contributed by atoms with Crippen LogP contribution >= 0.6 is 0 Å². The molecule has 0 heterocycles. The zero-order valence-corrected chi connectivity index (χ0v) is 60.1. The summed E-state index contributed by atoms with van der Waals surface area (Å²) < 4.78 is 22.8. The number of unbranched alkanes of at least 4 members (excludes halogenated alkanes) is 24. The van der Waals surface area contributed by atoms with Gasteiger partial charge in [-0.05, 0) is 128 Å². The van der Waals surface area contributed by atoms with Crippen molar-refractivity contribution in [1.82, 2.24) is 0 Å². The fraction of sp³-hybridized carbons (Fsp3) is 0.631. The minimum absolute atomic E-state index is 0.133. The van der Waals surface area contributed by atoms with E-state index in [0.29, 0.717) is 17.4 Å². The number of hydrogen-bond acceptors (Lipinski definition) is 8. The average Bonchev–Trinajstić information content (AvgIpc) is 3.38. The van der Waals surface area contributed by atoms with E-state index in [0.717, 1.165) is 128 Å². The lowest BCUT2D eigenvalue weighted by Gasteiger charge is -2.26. The maximum Gasteiger partial charge on any atom is 0.306 e. The summed E-state index contributed by atoms with van der Waals surface area (Å²) in [6.07, 6.45) is 106. The van der Waals surface area contributed by atoms with E-state index < -0.39 is 24.3 Å². The van der Waals surface area contributed by atoms with Crippen LogP contribution in [0.5, 0.6) is 0 Å². The molecule has 526 valence electrons. The average molecular weight is 1290 g/mol. The third-order valence-electron chi connectivity index (χ3n) is 15.5. The number of quaternary nitrogens is 1. The summed E-state index contributed by atoms with van der Waals surface area (Å²) in [5, 5.41) is 11.8. The second-order valence-corrected chi connectivity index (χ2v) is 25.5. The zero-order chi connectivity index (χ0) is 67.5. The maximum absolute atomic E-state index is 12.9. The van der Waals surface area contributed by atoms with Crippen molar-refractivity contribution in [2.24, 2.45) is 0 Å². The Morgan fingerprint density at radius 2 is 0.581 bits per heavy atom. The number of likely N-dealkylation sites (N-methyl/N-ethyl adjacent to an activating group) is 1. The van der Waals surface area contributed by atoms with Crippen molar-refractivity contribution in [1.29, 1.82) is 0 Å². The summed E-state index contributed by atoms with van der Waals surface area (Å²) in [4.78, 5) is 37.5. The van der Waals surface area contributed by atoms with Crippen molar-refractivity contribution in [3.8, 4) is 0 Å². The van der Waals surface area contributed by atoms with Crippen LogP contribution in [0.1, 0.15) is 284 Å². The van der Waals surface area contributed by atoms with E-state index in [1.165, 1.54) is 122 Å². The highest BCUT2D eigenvalue weighted by molar-refractivity contribution is 5.70. The highest BCUT2D eigenvalue weighted by Crippen LogP contribution is 2.17. The predicted molar refractivity (Wildman–Crippen MR) is 398 cm³/mol. The Morgan fingerprint density at radius 3 is 0.871 bits per heavy atom. The van der Waals surface area contributed by atoms with Gasteiger partial charge in [-0.15, -0.1) is 0 Å². The van der Waals surface area contributed by atoms with Gasteiger partial charge >= 0.3 is 11.9 Å². The molecule has 0 aromatic carbocycles. The van der Waals surface area contributed by atoms with E-state index in [4.69, 9.17) is 18.9 Å². The molecule has 9 nitrogen and oxygen atoms in total. The summed E-state index contributed by atoms with van der Waals surface area (Å²) in [6, 6.07) is 0. The summed E-state index contributed by atoms with van der Waals surface area (Å²) in [6.45, 7) is 4.48. The van der Waals surface area contributed by atoms with E-state index >= 15 is 0 Å². The van der Waals surface area contributed by atoms with Crippen LogP contribution in [0.2, 0.25) is 0 Å². The summed E-state index contributed by atoms with van der Waals surface area (Å²) in [5.74, 6) is -2.34. The first-order chi connectivity index (χ1) is 45.6. The molecule has 0 N–H and O–H groups in total. The van der Waals surface area contributed by atoms with E-state index in [2.05, 4.69) is 184 Å². The summed E-state index contributed by atoms with van der Waals surface area (Å²) in [7, 11) is 5.91. The third kappa shape index (κ3) is 73.9. The molecule has 0 aromatic rings. The van der Waals surface area contributed by atoms with Gasteiger partial charge in [0.2, 0.25) is 0 Å². The van der Waals surface area contributed by atoms with Crippen molar-refractivity contribution in [3.63, 3.8) is 0 Å². The number of hydrogen-bond donors (Lipinski definition) is 0. The highest BCUT2D eigenvalue weighted by atomic mass is 16.7. The topological polar surface area (TPSA) is 111 Å². The predicted octanol–water partition coefficient (Wildman–Crippen LogP) is 22.5. The molecule has 2 unspecified atom stereocenters. The van der Waals surface area contributed by atoms with Gasteiger partial charge in [-0.1, -0.05) is 312 Å². The van der Waals surface area contributed by atoms with Crippen LogP contribution in [-0.2, 0) is 33.3 Å². The molecular formula is C84H137NO8. The second kappa shape index (κ2) is 72.5. The Kier molecular flexibility index (Phi) is 68.3.